The van der Waals surface area contributed by atoms with Gasteiger partial charge in [-0.15, -0.1) is 4.95 Å². The zero-order chi connectivity index (χ0) is 20.9. The lowest BCUT2D eigenvalue weighted by atomic mass is 10.0. The lowest BCUT2D eigenvalue weighted by Crippen LogP contribution is -2.03. The predicted molar refractivity (Wildman–Crippen MR) is 122 cm³/mol. The number of ether oxygens (including phenoxy) is 1. The van der Waals surface area contributed by atoms with Gasteiger partial charge < -0.3 is 4.74 Å². The summed E-state index contributed by atoms with van der Waals surface area (Å²) in [4.78, 5) is 7.26. The van der Waals surface area contributed by atoms with E-state index in [2.05, 4.69) is 33.2 Å². The quantitative estimate of drug-likeness (QED) is 0.158. The number of para-hydroxylation sites is 1. The van der Waals surface area contributed by atoms with E-state index >= 15 is 0 Å². The van der Waals surface area contributed by atoms with Gasteiger partial charge >= 0.3 is 0 Å². The first-order valence-corrected chi connectivity index (χ1v) is 10.4. The van der Waals surface area contributed by atoms with Gasteiger partial charge in [0.15, 0.2) is 0 Å². The number of unbranched alkanes of at least 4 members (excludes halogenated alkanes) is 3. The van der Waals surface area contributed by atoms with Gasteiger partial charge in [0.1, 0.15) is 11.5 Å². The van der Waals surface area contributed by atoms with E-state index in [9.17, 15) is 0 Å². The summed E-state index contributed by atoms with van der Waals surface area (Å²) < 4.78 is 6.07. The first kappa shape index (κ1) is 21.3. The molecule has 0 N–H and O–H groups in total. The molecule has 0 fully saturated rings. The largest absolute Gasteiger partial charge is 0.493 e. The molecule has 0 atom stereocenters. The van der Waals surface area contributed by atoms with Crippen molar-refractivity contribution in [3.8, 4) is 16.9 Å². The van der Waals surface area contributed by atoms with Crippen molar-refractivity contribution in [2.45, 2.75) is 38.5 Å². The van der Waals surface area contributed by atoms with Crippen molar-refractivity contribution in [3.05, 3.63) is 96.2 Å². The number of aromatic nitrogens is 1. The van der Waals surface area contributed by atoms with Crippen LogP contribution in [0, 0.1) is 6.57 Å². The Labute approximate surface area is 179 Å². The SMILES string of the molecule is [C-]#[N+]/N=C(\CCCCCCOc1ccccc1-c1ccccc1)Cc1ccncc1. The highest BCUT2D eigenvalue weighted by molar-refractivity contribution is 5.86. The molecule has 2 aromatic carbocycles. The van der Waals surface area contributed by atoms with Crippen LogP contribution in [0.3, 0.4) is 0 Å². The van der Waals surface area contributed by atoms with E-state index in [0.717, 1.165) is 61.1 Å². The van der Waals surface area contributed by atoms with Gasteiger partial charge in [0.2, 0.25) is 0 Å². The molecule has 1 heterocycles. The van der Waals surface area contributed by atoms with Crippen LogP contribution < -0.4 is 4.74 Å². The molecule has 0 aliphatic heterocycles. The van der Waals surface area contributed by atoms with Crippen molar-refractivity contribution in [3.63, 3.8) is 0 Å². The third-order valence-corrected chi connectivity index (χ3v) is 4.94. The molecule has 152 valence electrons. The lowest BCUT2D eigenvalue weighted by Gasteiger charge is -2.11. The number of nitrogens with zero attached hydrogens (tertiary/aromatic N) is 3. The molecule has 0 aliphatic rings. The van der Waals surface area contributed by atoms with E-state index in [1.54, 1.807) is 12.4 Å². The van der Waals surface area contributed by atoms with Gasteiger partial charge in [-0.1, -0.05) is 61.4 Å². The summed E-state index contributed by atoms with van der Waals surface area (Å²) in [6.45, 7) is 7.75. The highest BCUT2D eigenvalue weighted by Crippen LogP contribution is 2.29. The molecular formula is C26H27N3O. The number of benzene rings is 2. The van der Waals surface area contributed by atoms with Crippen molar-refractivity contribution < 1.29 is 4.74 Å². The lowest BCUT2D eigenvalue weighted by molar-refractivity contribution is 0.306. The maximum absolute atomic E-state index is 7.04. The third kappa shape index (κ3) is 6.86. The Balaban J connectivity index is 1.38. The van der Waals surface area contributed by atoms with Gasteiger partial charge in [0, 0.05) is 24.4 Å². The molecule has 3 rings (SSSR count). The van der Waals surface area contributed by atoms with Crippen LogP contribution in [0.2, 0.25) is 0 Å². The third-order valence-electron chi connectivity index (χ3n) is 4.94. The van der Waals surface area contributed by atoms with Crippen LogP contribution in [0.5, 0.6) is 5.75 Å². The predicted octanol–water partition coefficient (Wildman–Crippen LogP) is 6.60. The Hall–Kier alpha value is -3.45. The number of hydrogen-bond donors (Lipinski definition) is 0. The fourth-order valence-corrected chi connectivity index (χ4v) is 3.40. The minimum absolute atomic E-state index is 0.712. The topological polar surface area (TPSA) is 38.8 Å². The number of pyridine rings is 1. The normalized spacial score (nSPS) is 11.1. The van der Waals surface area contributed by atoms with Crippen LogP contribution in [0.15, 0.2) is 84.2 Å². The fourth-order valence-electron chi connectivity index (χ4n) is 3.40. The van der Waals surface area contributed by atoms with E-state index in [0.29, 0.717) is 6.61 Å². The van der Waals surface area contributed by atoms with E-state index in [4.69, 9.17) is 11.3 Å². The number of hydrogen-bond acceptors (Lipinski definition) is 3. The Bertz CT molecular complexity index is 962. The second kappa shape index (κ2) is 12.2. The van der Waals surface area contributed by atoms with Gasteiger partial charge in [0.25, 0.3) is 0 Å². The highest BCUT2D eigenvalue weighted by atomic mass is 16.5. The van der Waals surface area contributed by atoms with E-state index < -0.39 is 0 Å². The Morgan fingerprint density at radius 2 is 1.60 bits per heavy atom. The van der Waals surface area contributed by atoms with Gasteiger partial charge in [-0.2, -0.15) is 6.57 Å². The fraction of sp³-hybridized carbons (Fsp3) is 0.269. The molecule has 1 aromatic heterocycles. The molecule has 3 aromatic rings. The van der Waals surface area contributed by atoms with Crippen molar-refractivity contribution in [2.75, 3.05) is 6.61 Å². The summed E-state index contributed by atoms with van der Waals surface area (Å²) in [5.41, 5.74) is 4.41. The maximum atomic E-state index is 7.04. The molecular weight excluding hydrogens is 370 g/mol. The maximum Gasteiger partial charge on any atom is 0.127 e. The van der Waals surface area contributed by atoms with Crippen LogP contribution in [0.4, 0.5) is 0 Å². The molecule has 0 bridgehead atoms. The van der Waals surface area contributed by atoms with Crippen LogP contribution in [-0.2, 0) is 6.42 Å². The minimum Gasteiger partial charge on any atom is -0.493 e. The highest BCUT2D eigenvalue weighted by Gasteiger charge is 2.07. The van der Waals surface area contributed by atoms with Crippen LogP contribution >= 0.6 is 0 Å². The zero-order valence-corrected chi connectivity index (χ0v) is 17.2. The van der Waals surface area contributed by atoms with Crippen molar-refractivity contribution >= 4 is 5.71 Å². The second-order valence-electron chi connectivity index (χ2n) is 7.17. The van der Waals surface area contributed by atoms with E-state index in [-0.39, 0.29) is 0 Å². The molecule has 0 saturated carbocycles. The second-order valence-corrected chi connectivity index (χ2v) is 7.17. The summed E-state index contributed by atoms with van der Waals surface area (Å²) in [5.74, 6) is 0.938. The van der Waals surface area contributed by atoms with Crippen molar-refractivity contribution in [1.82, 2.24) is 4.98 Å². The molecule has 0 saturated heterocycles. The monoisotopic (exact) mass is 397 g/mol. The minimum atomic E-state index is 0.712. The number of rotatable bonds is 11. The average molecular weight is 398 g/mol. The summed E-state index contributed by atoms with van der Waals surface area (Å²) in [7, 11) is 0. The van der Waals surface area contributed by atoms with E-state index in [1.807, 2.05) is 48.5 Å². The molecule has 0 unspecified atom stereocenters. The van der Waals surface area contributed by atoms with Crippen molar-refractivity contribution in [2.24, 2.45) is 5.10 Å². The van der Waals surface area contributed by atoms with Gasteiger partial charge in [-0.25, -0.2) is 0 Å². The smallest absolute Gasteiger partial charge is 0.127 e. The van der Waals surface area contributed by atoms with Crippen LogP contribution in [0.25, 0.3) is 16.1 Å². The molecule has 4 nitrogen and oxygen atoms in total. The Kier molecular flexibility index (Phi) is 8.64. The van der Waals surface area contributed by atoms with Crippen LogP contribution in [-0.4, -0.2) is 17.3 Å². The molecule has 0 aliphatic carbocycles. The summed E-state index contributed by atoms with van der Waals surface area (Å²) >= 11 is 0. The molecule has 0 spiro atoms. The first-order chi connectivity index (χ1) is 14.9. The summed E-state index contributed by atoms with van der Waals surface area (Å²) in [6, 6.07) is 22.5. The van der Waals surface area contributed by atoms with E-state index in [1.165, 1.54) is 5.56 Å². The van der Waals surface area contributed by atoms with Gasteiger partial charge in [-0.05, 0) is 48.6 Å². The molecule has 4 heteroatoms. The molecule has 0 radical (unpaired) electrons. The first-order valence-electron chi connectivity index (χ1n) is 10.4. The van der Waals surface area contributed by atoms with Crippen molar-refractivity contribution in [1.29, 1.82) is 0 Å². The molecule has 30 heavy (non-hydrogen) atoms. The average Bonchev–Trinajstić information content (AvgIpc) is 2.80. The summed E-state index contributed by atoms with van der Waals surface area (Å²) in [5, 5.41) is 3.99. The Morgan fingerprint density at radius 3 is 2.40 bits per heavy atom. The molecule has 0 amide bonds. The summed E-state index contributed by atoms with van der Waals surface area (Å²) in [6.07, 6.45) is 9.42. The van der Waals surface area contributed by atoms with Gasteiger partial charge in [-0.3, -0.25) is 4.98 Å². The Morgan fingerprint density at radius 1 is 0.867 bits per heavy atom. The standard InChI is InChI=1S/C26H27N3O/c1-27-29-24(21-22-16-18-28-19-17-22)13-7-2-3-10-20-30-26-15-9-8-14-25(26)23-11-5-4-6-12-23/h4-6,8-9,11-12,14-19H,2-3,7,10,13,20-21H2/b29-24+. The van der Waals surface area contributed by atoms with Gasteiger partial charge in [0.05, 0.1) is 11.7 Å². The van der Waals surface area contributed by atoms with Crippen LogP contribution in [0.1, 0.15) is 37.7 Å². The zero-order valence-electron chi connectivity index (χ0n) is 17.2.